The predicted octanol–water partition coefficient (Wildman–Crippen LogP) is 7.09. The highest BCUT2D eigenvalue weighted by molar-refractivity contribution is 7.91. The lowest BCUT2D eigenvalue weighted by Gasteiger charge is -2.35. The fourth-order valence-electron chi connectivity index (χ4n) is 8.65. The average molecular weight is 878 g/mol. The molecule has 2 amide bonds. The van der Waals surface area contributed by atoms with Crippen molar-refractivity contribution in [2.45, 2.75) is 134 Å². The zero-order valence-corrected chi connectivity index (χ0v) is 37.0. The van der Waals surface area contributed by atoms with Gasteiger partial charge in [-0.1, -0.05) is 32.4 Å². The highest BCUT2D eigenvalue weighted by Crippen LogP contribution is 2.58. The molecule has 0 unspecified atom stereocenters. The Morgan fingerprint density at radius 2 is 1.75 bits per heavy atom. The summed E-state index contributed by atoms with van der Waals surface area (Å²) < 4.78 is 94.3. The summed E-state index contributed by atoms with van der Waals surface area (Å²) in [6.45, 7) is 8.12. The molecule has 3 fully saturated rings. The number of pyridine rings is 1. The van der Waals surface area contributed by atoms with Crippen molar-refractivity contribution in [2.24, 2.45) is 29.1 Å². The molecular weight excluding hydrogens is 820 g/mol. The van der Waals surface area contributed by atoms with Gasteiger partial charge in [0.2, 0.25) is 27.7 Å². The van der Waals surface area contributed by atoms with Gasteiger partial charge in [0.25, 0.3) is 5.92 Å². The summed E-state index contributed by atoms with van der Waals surface area (Å²) in [5.74, 6) is -8.67. The van der Waals surface area contributed by atoms with E-state index in [-0.39, 0.29) is 53.6 Å². The van der Waals surface area contributed by atoms with E-state index in [0.29, 0.717) is 45.4 Å². The fraction of sp³-hybridized carbons (Fsp3) is 0.659. The summed E-state index contributed by atoms with van der Waals surface area (Å²) in [5, 5.41) is 0.256. The minimum atomic E-state index is -4.05. The molecule has 7 atom stereocenters. The second-order valence-corrected chi connectivity index (χ2v) is 20.5. The molecule has 0 bridgehead atoms. The van der Waals surface area contributed by atoms with Gasteiger partial charge in [0.1, 0.15) is 11.9 Å². The molecule has 17 heteroatoms. The fourth-order valence-corrected chi connectivity index (χ4v) is 9.98. The maximum absolute atomic E-state index is 15.1. The van der Waals surface area contributed by atoms with Gasteiger partial charge in [0.05, 0.1) is 54.8 Å². The number of amides is 2. The summed E-state index contributed by atoms with van der Waals surface area (Å²) in [4.78, 5) is 63.3. The van der Waals surface area contributed by atoms with Gasteiger partial charge in [0, 0.05) is 37.3 Å². The molecule has 1 aromatic heterocycles. The first-order valence-electron chi connectivity index (χ1n) is 21.0. The lowest BCUT2D eigenvalue weighted by Crippen LogP contribution is -2.49. The predicted molar refractivity (Wildman–Crippen MR) is 219 cm³/mol. The second-order valence-electron chi connectivity index (χ2n) is 18.3. The van der Waals surface area contributed by atoms with Crippen LogP contribution in [0, 0.1) is 34.9 Å². The van der Waals surface area contributed by atoms with Gasteiger partial charge in [0.15, 0.2) is 23.0 Å². The molecule has 13 nitrogen and oxygen atoms in total. The molecule has 2 aliphatic heterocycles. The van der Waals surface area contributed by atoms with Gasteiger partial charge < -0.3 is 23.8 Å². The van der Waals surface area contributed by atoms with Crippen LogP contribution in [0.4, 0.5) is 13.2 Å². The number of allylic oxidation sites excluding steroid dienone is 2. The van der Waals surface area contributed by atoms with Crippen LogP contribution in [-0.4, -0.2) is 91.0 Å². The number of nitrogens with one attached hydrogen (secondary N) is 1. The first kappa shape index (κ1) is 46.1. The SMILES string of the molecule is CC[C@@H]1C[C@H](C)CC/C=C\[C@@H]2C[C@@]2(C(=O)NS(=O)(=O)C2(C)CC2)CC(=O)[C@@H]2C[C@@H](Oc3cc(OC)nc4cc(OC)c(F)cc34)CN2C(=O)[C@H]1CC(=O)OC(C)(C)C(C)(F)F. The average Bonchev–Trinajstić information content (AvgIpc) is 4.06. The topological polar surface area (TPSA) is 168 Å². The highest BCUT2D eigenvalue weighted by Gasteiger charge is 2.63. The number of hydrogen-bond donors (Lipinski definition) is 1. The van der Waals surface area contributed by atoms with Crippen LogP contribution in [0.2, 0.25) is 0 Å². The molecule has 2 saturated carbocycles. The van der Waals surface area contributed by atoms with Crippen molar-refractivity contribution < 1.29 is 59.7 Å². The van der Waals surface area contributed by atoms with Crippen molar-refractivity contribution in [2.75, 3.05) is 20.8 Å². The van der Waals surface area contributed by atoms with Crippen molar-refractivity contribution >= 4 is 44.5 Å². The van der Waals surface area contributed by atoms with Gasteiger partial charge >= 0.3 is 5.97 Å². The zero-order chi connectivity index (χ0) is 44.9. The maximum atomic E-state index is 15.1. The number of aromatic nitrogens is 1. The second kappa shape index (κ2) is 17.0. The van der Waals surface area contributed by atoms with E-state index in [0.717, 1.165) is 13.8 Å². The number of Topliss-reactive ketones (excluding diaryl/α,β-unsaturated/α-hetero) is 1. The maximum Gasteiger partial charge on any atom is 0.307 e. The molecule has 3 heterocycles. The van der Waals surface area contributed by atoms with Crippen LogP contribution in [0.1, 0.15) is 106 Å². The summed E-state index contributed by atoms with van der Waals surface area (Å²) >= 11 is 0. The standard InChI is InChI=1S/C44H58F3N3O10S/c1-9-26-16-25(2)12-10-11-13-27-22-44(27,40(54)49-61(55,56)42(5)14-15-42)23-34(51)33-17-28(24-50(33)39(53)29(26)19-38(52)60-41(3,4)43(6,46)47)59-35-21-37(58-8)48-32-20-36(57-7)31(45)18-30(32)35/h11,13,18,20-21,25-29,33H,9-10,12,14-17,19,22-24H2,1-8H3,(H,49,54)/b13-11-/t25-,26-,27-,28-,29+,33+,44-/m1/s1. The molecule has 336 valence electrons. The number of alkyl halides is 2. The number of fused-ring (bicyclic) bond motifs is 3. The zero-order valence-electron chi connectivity index (χ0n) is 36.1. The number of carbonyl (C=O) groups is 4. The van der Waals surface area contributed by atoms with E-state index < -0.39 is 104 Å². The van der Waals surface area contributed by atoms with E-state index in [1.165, 1.54) is 37.3 Å². The Bertz CT molecular complexity index is 2190. The largest absolute Gasteiger partial charge is 0.494 e. The Morgan fingerprint density at radius 3 is 2.38 bits per heavy atom. The first-order valence-corrected chi connectivity index (χ1v) is 22.5. The number of rotatable bonds is 12. The van der Waals surface area contributed by atoms with Gasteiger partial charge in [-0.25, -0.2) is 26.6 Å². The van der Waals surface area contributed by atoms with E-state index in [4.69, 9.17) is 18.9 Å². The first-order chi connectivity index (χ1) is 28.5. The van der Waals surface area contributed by atoms with Crippen LogP contribution in [0.3, 0.4) is 0 Å². The van der Waals surface area contributed by atoms with Gasteiger partial charge in [-0.15, -0.1) is 0 Å². The third-order valence-corrected chi connectivity index (χ3v) is 15.6. The number of hydrogen-bond acceptors (Lipinski definition) is 11. The minimum absolute atomic E-state index is 0.0419. The normalized spacial score (nSPS) is 28.7. The molecule has 61 heavy (non-hydrogen) atoms. The monoisotopic (exact) mass is 877 g/mol. The third kappa shape index (κ3) is 9.51. The van der Waals surface area contributed by atoms with E-state index in [1.807, 2.05) is 26.0 Å². The van der Waals surface area contributed by atoms with Crippen molar-refractivity contribution in [3.8, 4) is 17.4 Å². The number of sulfonamides is 1. The van der Waals surface area contributed by atoms with Crippen LogP contribution in [-0.2, 0) is 33.9 Å². The molecule has 6 rings (SSSR count). The van der Waals surface area contributed by atoms with Gasteiger partial charge in [-0.3, -0.25) is 23.9 Å². The number of benzene rings is 1. The van der Waals surface area contributed by atoms with Crippen LogP contribution >= 0.6 is 0 Å². The Morgan fingerprint density at radius 1 is 1.05 bits per heavy atom. The Labute approximate surface area is 355 Å². The summed E-state index contributed by atoms with van der Waals surface area (Å²) in [6, 6.07) is 2.82. The van der Waals surface area contributed by atoms with E-state index in [9.17, 15) is 31.6 Å². The van der Waals surface area contributed by atoms with Crippen molar-refractivity contribution in [1.29, 1.82) is 0 Å². The quantitative estimate of drug-likeness (QED) is 0.171. The summed E-state index contributed by atoms with van der Waals surface area (Å²) in [5.41, 5.74) is -3.30. The molecule has 4 aliphatic rings. The molecule has 0 spiro atoms. The number of ether oxygens (including phenoxy) is 4. The third-order valence-electron chi connectivity index (χ3n) is 13.5. The van der Waals surface area contributed by atoms with Gasteiger partial charge in [-0.05, 0) is 83.1 Å². The number of ketones is 1. The van der Waals surface area contributed by atoms with Crippen LogP contribution in [0.25, 0.3) is 10.9 Å². The van der Waals surface area contributed by atoms with Crippen LogP contribution in [0.15, 0.2) is 30.4 Å². The molecule has 0 radical (unpaired) electrons. The van der Waals surface area contributed by atoms with Crippen molar-refractivity contribution in [3.63, 3.8) is 0 Å². The molecule has 1 saturated heterocycles. The molecule has 2 aromatic rings. The minimum Gasteiger partial charge on any atom is -0.494 e. The summed E-state index contributed by atoms with van der Waals surface area (Å²) in [6.07, 6.45) is 5.14. The van der Waals surface area contributed by atoms with Crippen LogP contribution < -0.4 is 18.9 Å². The van der Waals surface area contributed by atoms with Gasteiger partial charge in [-0.2, -0.15) is 0 Å². The number of methoxy groups -OCH3 is 2. The Kier molecular flexibility index (Phi) is 12.9. The van der Waals surface area contributed by atoms with Crippen LogP contribution in [0.5, 0.6) is 17.4 Å². The molecule has 1 N–H and O–H groups in total. The number of carbonyl (C=O) groups excluding carboxylic acids is 4. The Hall–Kier alpha value is -4.41. The number of esters is 1. The lowest BCUT2D eigenvalue weighted by atomic mass is 9.79. The number of nitrogens with zero attached hydrogens (tertiary/aromatic N) is 2. The highest BCUT2D eigenvalue weighted by atomic mass is 32.2. The molecular formula is C44H58F3N3O10S. The Balaban J connectivity index is 1.40. The van der Waals surface area contributed by atoms with E-state index >= 15 is 9.18 Å². The van der Waals surface area contributed by atoms with Crippen molar-refractivity contribution in [1.82, 2.24) is 14.6 Å². The van der Waals surface area contributed by atoms with E-state index in [1.54, 1.807) is 6.92 Å². The smallest absolute Gasteiger partial charge is 0.307 e. The summed E-state index contributed by atoms with van der Waals surface area (Å²) in [7, 11) is -1.34. The molecule has 2 aliphatic carbocycles. The lowest BCUT2D eigenvalue weighted by molar-refractivity contribution is -0.197. The van der Waals surface area contributed by atoms with E-state index in [2.05, 4.69) is 9.71 Å². The van der Waals surface area contributed by atoms with Crippen molar-refractivity contribution in [3.05, 3.63) is 36.2 Å². The molecule has 1 aromatic carbocycles. The number of halogens is 3.